The van der Waals surface area contributed by atoms with Crippen molar-refractivity contribution in [3.63, 3.8) is 0 Å². The van der Waals surface area contributed by atoms with Crippen molar-refractivity contribution in [3.8, 4) is 0 Å². The lowest BCUT2D eigenvalue weighted by atomic mass is 10.2. The average molecular weight is 435 g/mol. The van der Waals surface area contributed by atoms with Gasteiger partial charge in [0.2, 0.25) is 6.04 Å². The second kappa shape index (κ2) is 8.86. The SMILES string of the molecule is C[C@H](CCCN(c1cc(Cl)ccc1F)S(=O)(=O)c1ccc(Cl)cc1)[N+](=O)[O-]. The number of rotatable bonds is 8. The monoisotopic (exact) mass is 434 g/mol. The first-order valence-corrected chi connectivity index (χ1v) is 10.2. The van der Waals surface area contributed by atoms with Crippen LogP contribution in [-0.4, -0.2) is 25.9 Å². The Morgan fingerprint density at radius 3 is 2.33 bits per heavy atom. The molecule has 0 saturated carbocycles. The standard InChI is InChI=1S/C17H17Cl2FN2O4S/c1-12(22(23)24)3-2-10-21(17-11-14(19)6-9-16(17)20)27(25,26)15-7-4-13(18)5-8-15/h4-9,11-12H,2-3,10H2,1H3/t12-/m1/s1. The fourth-order valence-corrected chi connectivity index (χ4v) is 4.21. The van der Waals surface area contributed by atoms with Crippen LogP contribution in [0.4, 0.5) is 10.1 Å². The van der Waals surface area contributed by atoms with E-state index < -0.39 is 26.8 Å². The molecule has 0 saturated heterocycles. The van der Waals surface area contributed by atoms with Gasteiger partial charge in [0.1, 0.15) is 5.82 Å². The van der Waals surface area contributed by atoms with Crippen molar-refractivity contribution in [2.75, 3.05) is 10.8 Å². The molecule has 2 aromatic rings. The molecule has 0 spiro atoms. The summed E-state index contributed by atoms with van der Waals surface area (Å²) in [5, 5.41) is 11.3. The van der Waals surface area contributed by atoms with Gasteiger partial charge in [-0.2, -0.15) is 0 Å². The van der Waals surface area contributed by atoms with E-state index in [1.54, 1.807) is 0 Å². The van der Waals surface area contributed by atoms with Crippen LogP contribution in [-0.2, 0) is 10.0 Å². The third kappa shape index (κ3) is 5.31. The molecule has 0 unspecified atom stereocenters. The molecule has 2 aromatic carbocycles. The van der Waals surface area contributed by atoms with Crippen LogP contribution < -0.4 is 4.31 Å². The highest BCUT2D eigenvalue weighted by Gasteiger charge is 2.28. The van der Waals surface area contributed by atoms with Crippen molar-refractivity contribution < 1.29 is 17.7 Å². The quantitative estimate of drug-likeness (QED) is 0.442. The van der Waals surface area contributed by atoms with Crippen LogP contribution in [0.2, 0.25) is 10.0 Å². The van der Waals surface area contributed by atoms with E-state index in [-0.39, 0.29) is 35.0 Å². The lowest BCUT2D eigenvalue weighted by Gasteiger charge is -2.25. The molecular formula is C17H17Cl2FN2O4S. The molecule has 0 aliphatic rings. The molecule has 0 N–H and O–H groups in total. The fraction of sp³-hybridized carbons (Fsp3) is 0.294. The first-order valence-electron chi connectivity index (χ1n) is 8.00. The van der Waals surface area contributed by atoms with Crippen LogP contribution in [0, 0.1) is 15.9 Å². The Hall–Kier alpha value is -1.90. The van der Waals surface area contributed by atoms with Gasteiger partial charge in [-0.15, -0.1) is 0 Å². The van der Waals surface area contributed by atoms with Gasteiger partial charge < -0.3 is 0 Å². The van der Waals surface area contributed by atoms with Crippen molar-refractivity contribution in [1.29, 1.82) is 0 Å². The normalized spacial score (nSPS) is 12.6. The summed E-state index contributed by atoms with van der Waals surface area (Å²) >= 11 is 11.7. The zero-order valence-corrected chi connectivity index (χ0v) is 16.6. The molecule has 0 fully saturated rings. The van der Waals surface area contributed by atoms with Gasteiger partial charge in [-0.1, -0.05) is 23.2 Å². The zero-order chi connectivity index (χ0) is 20.2. The Morgan fingerprint density at radius 2 is 1.74 bits per heavy atom. The summed E-state index contributed by atoms with van der Waals surface area (Å²) in [6, 6.07) is 8.20. The summed E-state index contributed by atoms with van der Waals surface area (Å²) in [7, 11) is -4.12. The van der Waals surface area contributed by atoms with E-state index in [9.17, 15) is 22.9 Å². The van der Waals surface area contributed by atoms with Crippen molar-refractivity contribution in [3.05, 3.63) is 68.4 Å². The predicted octanol–water partition coefficient (Wildman–Crippen LogP) is 4.77. The second-order valence-corrected chi connectivity index (χ2v) is 8.64. The number of benzene rings is 2. The average Bonchev–Trinajstić information content (AvgIpc) is 2.61. The molecule has 10 heteroatoms. The molecule has 2 rings (SSSR count). The van der Waals surface area contributed by atoms with Crippen LogP contribution in [0.5, 0.6) is 0 Å². The Kier molecular flexibility index (Phi) is 7.02. The number of halogens is 3. The highest BCUT2D eigenvalue weighted by Crippen LogP contribution is 2.30. The number of anilines is 1. The molecule has 0 heterocycles. The van der Waals surface area contributed by atoms with Crippen LogP contribution in [0.25, 0.3) is 0 Å². The molecule has 6 nitrogen and oxygen atoms in total. The van der Waals surface area contributed by atoms with Crippen molar-refractivity contribution in [2.45, 2.75) is 30.7 Å². The maximum atomic E-state index is 14.3. The first-order chi connectivity index (χ1) is 12.6. The third-order valence-corrected chi connectivity index (χ3v) is 6.24. The van der Waals surface area contributed by atoms with Crippen LogP contribution in [0.3, 0.4) is 0 Å². The molecule has 0 radical (unpaired) electrons. The van der Waals surface area contributed by atoms with Gasteiger partial charge in [0, 0.05) is 34.9 Å². The lowest BCUT2D eigenvalue weighted by Crippen LogP contribution is -2.33. The van der Waals surface area contributed by atoms with Gasteiger partial charge in [0.15, 0.2) is 0 Å². The first kappa shape index (κ1) is 21.4. The molecule has 0 bridgehead atoms. The minimum atomic E-state index is -4.12. The summed E-state index contributed by atoms with van der Waals surface area (Å²) < 4.78 is 41.3. The van der Waals surface area contributed by atoms with Crippen LogP contribution >= 0.6 is 23.2 Å². The molecule has 0 aliphatic heterocycles. The number of nitrogens with zero attached hydrogens (tertiary/aromatic N) is 2. The van der Waals surface area contributed by atoms with Gasteiger partial charge >= 0.3 is 0 Å². The molecule has 27 heavy (non-hydrogen) atoms. The highest BCUT2D eigenvalue weighted by molar-refractivity contribution is 7.92. The van der Waals surface area contributed by atoms with E-state index in [2.05, 4.69) is 0 Å². The Bertz CT molecular complexity index is 923. The molecule has 0 amide bonds. The van der Waals surface area contributed by atoms with Crippen LogP contribution in [0.1, 0.15) is 19.8 Å². The van der Waals surface area contributed by atoms with Crippen LogP contribution in [0.15, 0.2) is 47.4 Å². The summed E-state index contributed by atoms with van der Waals surface area (Å²) in [5.41, 5.74) is -0.216. The van der Waals surface area contributed by atoms with Crippen molar-refractivity contribution >= 4 is 38.9 Å². The maximum Gasteiger partial charge on any atom is 0.264 e. The van der Waals surface area contributed by atoms with Crippen molar-refractivity contribution in [2.24, 2.45) is 0 Å². The number of hydrogen-bond acceptors (Lipinski definition) is 4. The molecule has 0 aromatic heterocycles. The number of sulfonamides is 1. The van der Waals surface area contributed by atoms with E-state index in [0.29, 0.717) is 5.02 Å². The molecule has 146 valence electrons. The van der Waals surface area contributed by atoms with E-state index in [1.807, 2.05) is 0 Å². The van der Waals surface area contributed by atoms with Gasteiger partial charge in [0.25, 0.3) is 10.0 Å². The summed E-state index contributed by atoms with van der Waals surface area (Å²) in [6.07, 6.45) is 0.308. The number of nitro groups is 1. The predicted molar refractivity (Wildman–Crippen MR) is 103 cm³/mol. The van der Waals surface area contributed by atoms with E-state index >= 15 is 0 Å². The molecule has 1 atom stereocenters. The van der Waals surface area contributed by atoms with E-state index in [4.69, 9.17) is 23.2 Å². The smallest absolute Gasteiger partial charge is 0.264 e. The Balaban J connectivity index is 2.41. The summed E-state index contributed by atoms with van der Waals surface area (Å²) in [5.74, 6) is -0.765. The van der Waals surface area contributed by atoms with Gasteiger partial charge in [-0.25, -0.2) is 12.8 Å². The minimum absolute atomic E-state index is 0.0754. The maximum absolute atomic E-state index is 14.3. The van der Waals surface area contributed by atoms with Gasteiger partial charge in [0.05, 0.1) is 10.6 Å². The highest BCUT2D eigenvalue weighted by atomic mass is 35.5. The summed E-state index contributed by atoms with van der Waals surface area (Å²) in [6.45, 7) is 1.29. The fourth-order valence-electron chi connectivity index (χ4n) is 2.42. The van der Waals surface area contributed by atoms with E-state index in [0.717, 1.165) is 10.4 Å². The van der Waals surface area contributed by atoms with Gasteiger partial charge in [-0.3, -0.25) is 14.4 Å². The molecule has 0 aliphatic carbocycles. The minimum Gasteiger partial charge on any atom is -0.264 e. The Morgan fingerprint density at radius 1 is 1.15 bits per heavy atom. The Labute approximate surface area is 166 Å². The van der Waals surface area contributed by atoms with E-state index in [1.165, 1.54) is 43.3 Å². The number of hydrogen-bond donors (Lipinski definition) is 0. The van der Waals surface area contributed by atoms with Crippen molar-refractivity contribution in [1.82, 2.24) is 0 Å². The largest absolute Gasteiger partial charge is 0.264 e. The molecular weight excluding hydrogens is 418 g/mol. The summed E-state index contributed by atoms with van der Waals surface area (Å²) in [4.78, 5) is 10.3. The topological polar surface area (TPSA) is 80.5 Å². The zero-order valence-electron chi connectivity index (χ0n) is 14.3. The third-order valence-electron chi connectivity index (χ3n) is 3.92. The lowest BCUT2D eigenvalue weighted by molar-refractivity contribution is -0.518. The van der Waals surface area contributed by atoms with Gasteiger partial charge in [-0.05, 0) is 48.9 Å². The second-order valence-electron chi connectivity index (χ2n) is 5.90.